The fourth-order valence-corrected chi connectivity index (χ4v) is 2.48. The Morgan fingerprint density at radius 1 is 1.37 bits per heavy atom. The third-order valence-electron chi connectivity index (χ3n) is 3.64. The maximum absolute atomic E-state index is 10.6. The van der Waals surface area contributed by atoms with Crippen LogP contribution in [0.5, 0.6) is 0 Å². The number of ether oxygens (including phenoxy) is 1. The highest BCUT2D eigenvalue weighted by atomic mass is 16.6. The molecule has 2 rings (SSSR count). The average Bonchev–Trinajstić information content (AvgIpc) is 2.92. The van der Waals surface area contributed by atoms with E-state index in [2.05, 4.69) is 19.2 Å². The Balaban J connectivity index is 1.95. The van der Waals surface area contributed by atoms with E-state index in [-0.39, 0.29) is 28.8 Å². The molecule has 0 spiro atoms. The maximum Gasteiger partial charge on any atom is 0.269 e. The first-order valence-electron chi connectivity index (χ1n) is 6.70. The lowest BCUT2D eigenvalue weighted by atomic mass is 10.0. The van der Waals surface area contributed by atoms with Crippen LogP contribution in [0.1, 0.15) is 38.3 Å². The van der Waals surface area contributed by atoms with Gasteiger partial charge in [0.15, 0.2) is 0 Å². The fraction of sp³-hybridized carbons (Fsp3) is 0.571. The summed E-state index contributed by atoms with van der Waals surface area (Å²) in [6, 6.07) is 7.14. The van der Waals surface area contributed by atoms with Crippen molar-refractivity contribution >= 4 is 5.69 Å². The van der Waals surface area contributed by atoms with Crippen molar-refractivity contribution in [2.24, 2.45) is 0 Å². The molecule has 0 saturated carbocycles. The summed E-state index contributed by atoms with van der Waals surface area (Å²) in [7, 11) is 0. The van der Waals surface area contributed by atoms with Crippen LogP contribution in [0.4, 0.5) is 5.69 Å². The lowest BCUT2D eigenvalue weighted by Gasteiger charge is -2.24. The van der Waals surface area contributed by atoms with Gasteiger partial charge in [0.05, 0.1) is 11.0 Å². The van der Waals surface area contributed by atoms with E-state index in [1.54, 1.807) is 24.3 Å². The molecule has 1 aliphatic rings. The summed E-state index contributed by atoms with van der Waals surface area (Å²) in [5.41, 5.74) is 1.18. The minimum Gasteiger partial charge on any atom is -0.377 e. The summed E-state index contributed by atoms with van der Waals surface area (Å²) in [5, 5.41) is 14.1. The maximum atomic E-state index is 10.6. The minimum absolute atomic E-state index is 0.128. The topological polar surface area (TPSA) is 64.4 Å². The van der Waals surface area contributed by atoms with Crippen LogP contribution in [0.2, 0.25) is 0 Å². The Morgan fingerprint density at radius 3 is 2.58 bits per heavy atom. The number of nitrogens with zero attached hydrogens (tertiary/aromatic N) is 1. The third kappa shape index (κ3) is 3.52. The van der Waals surface area contributed by atoms with Gasteiger partial charge < -0.3 is 10.1 Å². The highest BCUT2D eigenvalue weighted by Crippen LogP contribution is 2.21. The third-order valence-corrected chi connectivity index (χ3v) is 3.64. The highest BCUT2D eigenvalue weighted by molar-refractivity contribution is 5.34. The predicted molar refractivity (Wildman–Crippen MR) is 73.1 cm³/mol. The van der Waals surface area contributed by atoms with Gasteiger partial charge >= 0.3 is 0 Å². The van der Waals surface area contributed by atoms with Gasteiger partial charge in [-0.1, -0.05) is 12.1 Å². The zero-order valence-electron chi connectivity index (χ0n) is 11.3. The first kappa shape index (κ1) is 14.0. The summed E-state index contributed by atoms with van der Waals surface area (Å²) in [4.78, 5) is 10.2. The van der Waals surface area contributed by atoms with E-state index >= 15 is 0 Å². The van der Waals surface area contributed by atoms with Gasteiger partial charge in [0.1, 0.15) is 0 Å². The monoisotopic (exact) mass is 264 g/mol. The largest absolute Gasteiger partial charge is 0.377 e. The van der Waals surface area contributed by atoms with Crippen LogP contribution >= 0.6 is 0 Å². The van der Waals surface area contributed by atoms with Crippen LogP contribution < -0.4 is 5.32 Å². The van der Waals surface area contributed by atoms with Crippen molar-refractivity contribution in [3.63, 3.8) is 0 Å². The second-order valence-electron chi connectivity index (χ2n) is 5.08. The SMILES string of the molecule is CC(NC(C)C1CCCO1)c1ccc([N+](=O)[O-])cc1. The van der Waals surface area contributed by atoms with Gasteiger partial charge in [-0.25, -0.2) is 0 Å². The Bertz CT molecular complexity index is 427. The molecule has 1 aromatic rings. The van der Waals surface area contributed by atoms with Gasteiger partial charge in [0, 0.05) is 30.8 Å². The molecule has 1 N–H and O–H groups in total. The van der Waals surface area contributed by atoms with Crippen LogP contribution in [0.25, 0.3) is 0 Å². The predicted octanol–water partition coefficient (Wildman–Crippen LogP) is 2.81. The van der Waals surface area contributed by atoms with E-state index < -0.39 is 0 Å². The number of hydrogen-bond donors (Lipinski definition) is 1. The number of hydrogen-bond acceptors (Lipinski definition) is 4. The fourth-order valence-electron chi connectivity index (χ4n) is 2.48. The quantitative estimate of drug-likeness (QED) is 0.656. The molecule has 5 nitrogen and oxygen atoms in total. The molecular weight excluding hydrogens is 244 g/mol. The summed E-state index contributed by atoms with van der Waals surface area (Å²) in [5.74, 6) is 0. The smallest absolute Gasteiger partial charge is 0.269 e. The Kier molecular flexibility index (Phi) is 4.50. The van der Waals surface area contributed by atoms with Gasteiger partial charge in [-0.15, -0.1) is 0 Å². The molecule has 0 aliphatic carbocycles. The summed E-state index contributed by atoms with van der Waals surface area (Å²) >= 11 is 0. The van der Waals surface area contributed by atoms with Crippen molar-refractivity contribution < 1.29 is 9.66 Å². The van der Waals surface area contributed by atoms with Crippen molar-refractivity contribution in [2.45, 2.75) is 44.9 Å². The van der Waals surface area contributed by atoms with Crippen LogP contribution in [0.3, 0.4) is 0 Å². The molecular formula is C14H20N2O3. The van der Waals surface area contributed by atoms with Gasteiger partial charge in [-0.3, -0.25) is 10.1 Å². The van der Waals surface area contributed by atoms with Gasteiger partial charge in [-0.2, -0.15) is 0 Å². The molecule has 19 heavy (non-hydrogen) atoms. The molecule has 1 heterocycles. The van der Waals surface area contributed by atoms with Crippen molar-refractivity contribution in [1.29, 1.82) is 0 Å². The second kappa shape index (κ2) is 6.12. The van der Waals surface area contributed by atoms with E-state index in [9.17, 15) is 10.1 Å². The number of rotatable bonds is 5. The zero-order valence-corrected chi connectivity index (χ0v) is 11.3. The van der Waals surface area contributed by atoms with Gasteiger partial charge in [0.25, 0.3) is 5.69 Å². The molecule has 0 bridgehead atoms. The van der Waals surface area contributed by atoms with E-state index in [0.29, 0.717) is 0 Å². The van der Waals surface area contributed by atoms with Crippen LogP contribution in [0, 0.1) is 10.1 Å². The molecule has 1 aromatic carbocycles. The van der Waals surface area contributed by atoms with Gasteiger partial charge in [0.2, 0.25) is 0 Å². The molecule has 1 aliphatic heterocycles. The average molecular weight is 264 g/mol. The Hall–Kier alpha value is -1.46. The van der Waals surface area contributed by atoms with E-state index in [1.165, 1.54) is 0 Å². The molecule has 1 fully saturated rings. The van der Waals surface area contributed by atoms with Crippen molar-refractivity contribution in [2.75, 3.05) is 6.61 Å². The van der Waals surface area contributed by atoms with Crippen LogP contribution in [-0.4, -0.2) is 23.7 Å². The van der Waals surface area contributed by atoms with E-state index in [0.717, 1.165) is 25.0 Å². The van der Waals surface area contributed by atoms with Crippen molar-refractivity contribution in [1.82, 2.24) is 5.32 Å². The van der Waals surface area contributed by atoms with Crippen molar-refractivity contribution in [3.05, 3.63) is 39.9 Å². The van der Waals surface area contributed by atoms with E-state index in [1.807, 2.05) is 0 Å². The molecule has 3 atom stereocenters. The summed E-state index contributed by atoms with van der Waals surface area (Å²) < 4.78 is 5.65. The Morgan fingerprint density at radius 2 is 2.05 bits per heavy atom. The molecule has 3 unspecified atom stereocenters. The standard InChI is InChI=1S/C14H20N2O3/c1-10(15-11(2)14-4-3-9-19-14)12-5-7-13(8-6-12)16(17)18/h5-8,10-11,14-15H,3-4,9H2,1-2H3. The summed E-state index contributed by atoms with van der Waals surface area (Å²) in [6.45, 7) is 5.03. The molecule has 0 radical (unpaired) electrons. The van der Waals surface area contributed by atoms with Crippen molar-refractivity contribution in [3.8, 4) is 0 Å². The molecule has 1 saturated heterocycles. The first-order valence-corrected chi connectivity index (χ1v) is 6.70. The molecule has 0 amide bonds. The number of nitro benzene ring substituents is 1. The molecule has 0 aromatic heterocycles. The van der Waals surface area contributed by atoms with E-state index in [4.69, 9.17) is 4.74 Å². The molecule has 104 valence electrons. The lowest BCUT2D eigenvalue weighted by Crippen LogP contribution is -2.38. The summed E-state index contributed by atoms with van der Waals surface area (Å²) in [6.07, 6.45) is 2.50. The van der Waals surface area contributed by atoms with Crippen LogP contribution in [-0.2, 0) is 4.74 Å². The normalized spacial score (nSPS) is 22.1. The zero-order chi connectivity index (χ0) is 13.8. The lowest BCUT2D eigenvalue weighted by molar-refractivity contribution is -0.384. The Labute approximate surface area is 113 Å². The van der Waals surface area contributed by atoms with Gasteiger partial charge in [-0.05, 0) is 32.3 Å². The number of nitrogens with one attached hydrogen (secondary N) is 1. The second-order valence-corrected chi connectivity index (χ2v) is 5.08. The van der Waals surface area contributed by atoms with Crippen LogP contribution in [0.15, 0.2) is 24.3 Å². The highest BCUT2D eigenvalue weighted by Gasteiger charge is 2.23. The minimum atomic E-state index is -0.378. The number of benzene rings is 1. The number of nitro groups is 1. The first-order chi connectivity index (χ1) is 9.08. The molecule has 5 heteroatoms. The number of non-ortho nitro benzene ring substituents is 1.